The van der Waals surface area contributed by atoms with Gasteiger partial charge in [0.25, 0.3) is 10.0 Å². The lowest BCUT2D eigenvalue weighted by Crippen LogP contribution is -2.41. The molecule has 1 aliphatic rings. The van der Waals surface area contributed by atoms with Gasteiger partial charge < -0.3 is 5.32 Å². The molecule has 34 heavy (non-hydrogen) atoms. The fourth-order valence-corrected chi connectivity index (χ4v) is 5.79. The summed E-state index contributed by atoms with van der Waals surface area (Å²) in [6.07, 6.45) is 2.50. The van der Waals surface area contributed by atoms with E-state index in [2.05, 4.69) is 22.3 Å². The topological polar surface area (TPSA) is 69.7 Å². The van der Waals surface area contributed by atoms with Crippen molar-refractivity contribution in [2.24, 2.45) is 0 Å². The average molecular weight is 478 g/mol. The van der Waals surface area contributed by atoms with Gasteiger partial charge in [-0.3, -0.25) is 14.0 Å². The number of nitrogens with zero attached hydrogens (tertiary/aromatic N) is 2. The predicted octanol–water partition coefficient (Wildman–Crippen LogP) is 4.10. The van der Waals surface area contributed by atoms with E-state index in [9.17, 15) is 13.2 Å². The molecule has 0 unspecified atom stereocenters. The monoisotopic (exact) mass is 477 g/mol. The molecule has 0 aromatic heterocycles. The van der Waals surface area contributed by atoms with Crippen molar-refractivity contribution in [1.82, 2.24) is 10.2 Å². The van der Waals surface area contributed by atoms with Crippen LogP contribution in [0.1, 0.15) is 29.5 Å². The Labute approximate surface area is 202 Å². The minimum atomic E-state index is -3.91. The van der Waals surface area contributed by atoms with Crippen LogP contribution >= 0.6 is 0 Å². The summed E-state index contributed by atoms with van der Waals surface area (Å²) in [4.78, 5) is 15.5. The number of likely N-dealkylation sites (tertiary alicyclic amines) is 1. The van der Waals surface area contributed by atoms with Crippen molar-refractivity contribution in [1.29, 1.82) is 0 Å². The highest BCUT2D eigenvalue weighted by Gasteiger charge is 2.28. The van der Waals surface area contributed by atoms with Crippen molar-refractivity contribution in [2.75, 3.05) is 23.9 Å². The molecule has 1 heterocycles. The molecular weight excluding hydrogens is 446 g/mol. The molecule has 3 aromatic rings. The van der Waals surface area contributed by atoms with Crippen molar-refractivity contribution in [3.63, 3.8) is 0 Å². The first-order valence-electron chi connectivity index (χ1n) is 11.6. The standard InChI is InChI=1S/C27H31N3O3S/c1-22-10-5-6-15-26(22)30(34(32,33)25-13-3-2-4-14-25)21-27(31)28-19-23-11-9-12-24(18-23)20-29-16-7-8-17-29/h2-6,9-15,18H,7-8,16-17,19-21H2,1H3,(H,28,31). The van der Waals surface area contributed by atoms with Crippen molar-refractivity contribution in [3.8, 4) is 0 Å². The average Bonchev–Trinajstić information content (AvgIpc) is 3.35. The predicted molar refractivity (Wildman–Crippen MR) is 135 cm³/mol. The van der Waals surface area contributed by atoms with Gasteiger partial charge in [-0.25, -0.2) is 8.42 Å². The number of aryl methyl sites for hydroxylation is 1. The number of nitrogens with one attached hydrogen (secondary N) is 1. The number of rotatable bonds is 9. The second-order valence-corrected chi connectivity index (χ2v) is 10.6. The lowest BCUT2D eigenvalue weighted by molar-refractivity contribution is -0.119. The molecule has 0 spiro atoms. The van der Waals surface area contributed by atoms with Crippen LogP contribution in [-0.2, 0) is 27.9 Å². The van der Waals surface area contributed by atoms with Gasteiger partial charge in [0.2, 0.25) is 5.91 Å². The summed E-state index contributed by atoms with van der Waals surface area (Å²) in [7, 11) is -3.91. The van der Waals surface area contributed by atoms with E-state index in [0.29, 0.717) is 12.2 Å². The van der Waals surface area contributed by atoms with Gasteiger partial charge in [0.15, 0.2) is 0 Å². The molecule has 1 amide bonds. The third-order valence-corrected chi connectivity index (χ3v) is 7.86. The number of carbonyl (C=O) groups is 1. The van der Waals surface area contributed by atoms with E-state index in [4.69, 9.17) is 0 Å². The van der Waals surface area contributed by atoms with Crippen molar-refractivity contribution in [3.05, 3.63) is 95.6 Å². The Morgan fingerprint density at radius 3 is 2.32 bits per heavy atom. The molecule has 4 rings (SSSR count). The zero-order chi connectivity index (χ0) is 24.0. The van der Waals surface area contributed by atoms with Crippen LogP contribution in [0.15, 0.2) is 83.8 Å². The molecule has 6 nitrogen and oxygen atoms in total. The van der Waals surface area contributed by atoms with Crippen molar-refractivity contribution < 1.29 is 13.2 Å². The number of amides is 1. The maximum absolute atomic E-state index is 13.4. The SMILES string of the molecule is Cc1ccccc1N(CC(=O)NCc1cccc(CN2CCCC2)c1)S(=O)(=O)c1ccccc1. The fourth-order valence-electron chi connectivity index (χ4n) is 4.29. The van der Waals surface area contributed by atoms with E-state index < -0.39 is 10.0 Å². The Hall–Kier alpha value is -3.16. The largest absolute Gasteiger partial charge is 0.350 e. The molecule has 7 heteroatoms. The Balaban J connectivity index is 1.48. The number of hydrogen-bond donors (Lipinski definition) is 1. The highest BCUT2D eigenvalue weighted by atomic mass is 32.2. The normalized spacial score (nSPS) is 14.1. The van der Waals surface area contributed by atoms with Crippen LogP contribution in [0.4, 0.5) is 5.69 Å². The summed E-state index contributed by atoms with van der Waals surface area (Å²) in [6, 6.07) is 23.6. The number of benzene rings is 3. The highest BCUT2D eigenvalue weighted by Crippen LogP contribution is 2.26. The van der Waals surface area contributed by atoms with Crippen molar-refractivity contribution in [2.45, 2.75) is 37.8 Å². The van der Waals surface area contributed by atoms with Gasteiger partial charge in [-0.2, -0.15) is 0 Å². The summed E-state index contributed by atoms with van der Waals surface area (Å²) >= 11 is 0. The molecular formula is C27H31N3O3S. The van der Waals surface area contributed by atoms with E-state index in [1.807, 2.05) is 31.2 Å². The van der Waals surface area contributed by atoms with E-state index >= 15 is 0 Å². The van der Waals surface area contributed by atoms with Crippen LogP contribution in [0.2, 0.25) is 0 Å². The third kappa shape index (κ3) is 5.85. The zero-order valence-corrected chi connectivity index (χ0v) is 20.3. The van der Waals surface area contributed by atoms with E-state index in [1.54, 1.807) is 42.5 Å². The zero-order valence-electron chi connectivity index (χ0n) is 19.5. The van der Waals surface area contributed by atoms with Crippen LogP contribution in [0.25, 0.3) is 0 Å². The molecule has 0 atom stereocenters. The molecule has 0 saturated carbocycles. The number of hydrogen-bond acceptors (Lipinski definition) is 4. The number of carbonyl (C=O) groups excluding carboxylic acids is 1. The van der Waals surface area contributed by atoms with E-state index in [-0.39, 0.29) is 17.3 Å². The molecule has 1 N–H and O–H groups in total. The Morgan fingerprint density at radius 2 is 1.59 bits per heavy atom. The van der Waals surface area contributed by atoms with E-state index in [1.165, 1.54) is 22.7 Å². The molecule has 0 bridgehead atoms. The van der Waals surface area contributed by atoms with Crippen LogP contribution in [-0.4, -0.2) is 38.9 Å². The van der Waals surface area contributed by atoms with Gasteiger partial charge in [-0.1, -0.05) is 60.7 Å². The Kier molecular flexibility index (Phi) is 7.65. The van der Waals surface area contributed by atoms with Gasteiger partial charge in [0.1, 0.15) is 6.54 Å². The van der Waals surface area contributed by atoms with Crippen LogP contribution < -0.4 is 9.62 Å². The molecule has 1 saturated heterocycles. The summed E-state index contributed by atoms with van der Waals surface area (Å²) < 4.78 is 28.1. The quantitative estimate of drug-likeness (QED) is 0.504. The van der Waals surface area contributed by atoms with Crippen molar-refractivity contribution >= 4 is 21.6 Å². The lowest BCUT2D eigenvalue weighted by atomic mass is 10.1. The molecule has 1 fully saturated rings. The van der Waals surface area contributed by atoms with Gasteiger partial charge in [-0.15, -0.1) is 0 Å². The van der Waals surface area contributed by atoms with Crippen LogP contribution in [0, 0.1) is 6.92 Å². The second kappa shape index (κ2) is 10.8. The Morgan fingerprint density at radius 1 is 0.912 bits per heavy atom. The fraction of sp³-hybridized carbons (Fsp3) is 0.296. The maximum atomic E-state index is 13.4. The van der Waals surface area contributed by atoms with Crippen LogP contribution in [0.5, 0.6) is 0 Å². The Bertz CT molecular complexity index is 1220. The molecule has 0 radical (unpaired) electrons. The van der Waals surface area contributed by atoms with Gasteiger partial charge in [0, 0.05) is 13.1 Å². The summed E-state index contributed by atoms with van der Waals surface area (Å²) in [5.74, 6) is -0.354. The molecule has 1 aliphatic heterocycles. The van der Waals surface area contributed by atoms with Gasteiger partial charge >= 0.3 is 0 Å². The molecule has 0 aliphatic carbocycles. The van der Waals surface area contributed by atoms with E-state index in [0.717, 1.165) is 30.8 Å². The minimum absolute atomic E-state index is 0.153. The highest BCUT2D eigenvalue weighted by molar-refractivity contribution is 7.92. The first-order chi connectivity index (χ1) is 16.4. The first kappa shape index (κ1) is 24.0. The number of para-hydroxylation sites is 1. The second-order valence-electron chi connectivity index (χ2n) is 8.69. The summed E-state index contributed by atoms with van der Waals surface area (Å²) in [5.41, 5.74) is 3.50. The molecule has 3 aromatic carbocycles. The number of anilines is 1. The van der Waals surface area contributed by atoms with Crippen LogP contribution in [0.3, 0.4) is 0 Å². The first-order valence-corrected chi connectivity index (χ1v) is 13.1. The minimum Gasteiger partial charge on any atom is -0.350 e. The maximum Gasteiger partial charge on any atom is 0.264 e. The smallest absolute Gasteiger partial charge is 0.264 e. The number of sulfonamides is 1. The molecule has 178 valence electrons. The van der Waals surface area contributed by atoms with Gasteiger partial charge in [0.05, 0.1) is 10.6 Å². The lowest BCUT2D eigenvalue weighted by Gasteiger charge is -2.25. The third-order valence-electron chi connectivity index (χ3n) is 6.09. The summed E-state index contributed by atoms with van der Waals surface area (Å²) in [5, 5.41) is 2.90. The summed E-state index contributed by atoms with van der Waals surface area (Å²) in [6.45, 7) is 5.07. The van der Waals surface area contributed by atoms with Gasteiger partial charge in [-0.05, 0) is 67.7 Å².